The first-order chi connectivity index (χ1) is 11.0. The number of halogens is 1. The van der Waals surface area contributed by atoms with Gasteiger partial charge in [0.25, 0.3) is 0 Å². The zero-order valence-electron chi connectivity index (χ0n) is 13.3. The molecule has 0 radical (unpaired) electrons. The average Bonchev–Trinajstić information content (AvgIpc) is 2.52. The Hall–Kier alpha value is -2.56. The predicted octanol–water partition coefficient (Wildman–Crippen LogP) is 4.15. The Balaban J connectivity index is 1.70. The van der Waals surface area contributed by atoms with Crippen LogP contribution in [0.2, 0.25) is 0 Å². The second kappa shape index (κ2) is 8.17. The van der Waals surface area contributed by atoms with Gasteiger partial charge in [-0.25, -0.2) is 9.18 Å². The standard InChI is InChI=1S/C18H21FN2O2/c1-13(2)14-6-8-16(9-7-14)21-18(22)20-10-11-23-17-5-3-4-15(19)12-17/h3-9,12-13H,10-11H2,1-2H3,(H2,20,21,22). The molecule has 2 amide bonds. The van der Waals surface area contributed by atoms with Gasteiger partial charge in [0.15, 0.2) is 0 Å². The van der Waals surface area contributed by atoms with E-state index in [-0.39, 0.29) is 18.5 Å². The third kappa shape index (κ3) is 5.62. The molecule has 0 aliphatic carbocycles. The van der Waals surface area contributed by atoms with E-state index < -0.39 is 0 Å². The first kappa shape index (κ1) is 16.8. The molecular formula is C18H21FN2O2. The van der Waals surface area contributed by atoms with Gasteiger partial charge in [0.1, 0.15) is 18.2 Å². The molecule has 4 nitrogen and oxygen atoms in total. The molecule has 0 aliphatic heterocycles. The number of rotatable bonds is 6. The number of anilines is 1. The average molecular weight is 316 g/mol. The van der Waals surface area contributed by atoms with E-state index >= 15 is 0 Å². The van der Waals surface area contributed by atoms with Crippen molar-refractivity contribution in [2.24, 2.45) is 0 Å². The minimum absolute atomic E-state index is 0.267. The van der Waals surface area contributed by atoms with Crippen molar-refractivity contribution < 1.29 is 13.9 Å². The van der Waals surface area contributed by atoms with E-state index in [9.17, 15) is 9.18 Å². The van der Waals surface area contributed by atoms with Crippen LogP contribution in [0.15, 0.2) is 48.5 Å². The SMILES string of the molecule is CC(C)c1ccc(NC(=O)NCCOc2cccc(F)c2)cc1. The van der Waals surface area contributed by atoms with Gasteiger partial charge < -0.3 is 15.4 Å². The number of amides is 2. The fourth-order valence-electron chi connectivity index (χ4n) is 2.02. The van der Waals surface area contributed by atoms with Gasteiger partial charge >= 0.3 is 6.03 Å². The third-order valence-electron chi connectivity index (χ3n) is 3.29. The Morgan fingerprint density at radius 3 is 2.57 bits per heavy atom. The van der Waals surface area contributed by atoms with E-state index in [4.69, 9.17) is 4.74 Å². The molecule has 2 N–H and O–H groups in total. The highest BCUT2D eigenvalue weighted by Gasteiger charge is 2.03. The Bertz CT molecular complexity index is 642. The molecule has 122 valence electrons. The van der Waals surface area contributed by atoms with E-state index in [0.717, 1.165) is 5.69 Å². The predicted molar refractivity (Wildman–Crippen MR) is 89.4 cm³/mol. The second-order valence-corrected chi connectivity index (χ2v) is 5.46. The van der Waals surface area contributed by atoms with Crippen LogP contribution in [0.3, 0.4) is 0 Å². The Labute approximate surface area is 135 Å². The topological polar surface area (TPSA) is 50.4 Å². The highest BCUT2D eigenvalue weighted by atomic mass is 19.1. The minimum Gasteiger partial charge on any atom is -0.492 e. The molecule has 0 fully saturated rings. The molecule has 2 aromatic carbocycles. The summed E-state index contributed by atoms with van der Waals surface area (Å²) in [5, 5.41) is 5.43. The van der Waals surface area contributed by atoms with Crippen LogP contribution in [0.4, 0.5) is 14.9 Å². The van der Waals surface area contributed by atoms with Crippen LogP contribution >= 0.6 is 0 Å². The lowest BCUT2D eigenvalue weighted by Crippen LogP contribution is -2.32. The number of hydrogen-bond acceptors (Lipinski definition) is 2. The number of carbonyl (C=O) groups excluding carboxylic acids is 1. The lowest BCUT2D eigenvalue weighted by molar-refractivity contribution is 0.247. The highest BCUT2D eigenvalue weighted by Crippen LogP contribution is 2.17. The van der Waals surface area contributed by atoms with Crippen molar-refractivity contribution >= 4 is 11.7 Å². The van der Waals surface area contributed by atoms with Crippen LogP contribution < -0.4 is 15.4 Å². The maximum Gasteiger partial charge on any atom is 0.319 e. The van der Waals surface area contributed by atoms with Crippen molar-refractivity contribution in [3.05, 3.63) is 59.9 Å². The molecule has 0 bridgehead atoms. The summed E-state index contributed by atoms with van der Waals surface area (Å²) in [6.07, 6.45) is 0. The van der Waals surface area contributed by atoms with Crippen LogP contribution in [0.5, 0.6) is 5.75 Å². The first-order valence-electron chi connectivity index (χ1n) is 7.58. The molecular weight excluding hydrogens is 295 g/mol. The molecule has 0 saturated heterocycles. The van der Waals surface area contributed by atoms with Crippen molar-refractivity contribution in [2.45, 2.75) is 19.8 Å². The molecule has 0 aliphatic rings. The Morgan fingerprint density at radius 2 is 1.91 bits per heavy atom. The minimum atomic E-state index is -0.349. The molecule has 5 heteroatoms. The van der Waals surface area contributed by atoms with Gasteiger partial charge in [0.2, 0.25) is 0 Å². The molecule has 0 atom stereocenters. The number of benzene rings is 2. The van der Waals surface area contributed by atoms with E-state index in [2.05, 4.69) is 24.5 Å². The molecule has 2 rings (SSSR count). The number of ether oxygens (including phenoxy) is 1. The molecule has 0 heterocycles. The van der Waals surface area contributed by atoms with Crippen molar-refractivity contribution in [3.8, 4) is 5.75 Å². The number of carbonyl (C=O) groups is 1. The molecule has 2 aromatic rings. The highest BCUT2D eigenvalue weighted by molar-refractivity contribution is 5.89. The van der Waals surface area contributed by atoms with E-state index in [1.807, 2.05) is 24.3 Å². The van der Waals surface area contributed by atoms with E-state index in [1.54, 1.807) is 12.1 Å². The van der Waals surface area contributed by atoms with Crippen LogP contribution in [0.25, 0.3) is 0 Å². The van der Waals surface area contributed by atoms with Crippen molar-refractivity contribution in [1.29, 1.82) is 0 Å². The van der Waals surface area contributed by atoms with Crippen molar-refractivity contribution in [3.63, 3.8) is 0 Å². The fourth-order valence-corrected chi connectivity index (χ4v) is 2.02. The maximum absolute atomic E-state index is 13.0. The van der Waals surface area contributed by atoms with Gasteiger partial charge in [-0.3, -0.25) is 0 Å². The van der Waals surface area contributed by atoms with E-state index in [0.29, 0.717) is 18.2 Å². The summed E-state index contributed by atoms with van der Waals surface area (Å²) in [6.45, 7) is 4.83. The number of nitrogens with one attached hydrogen (secondary N) is 2. The lowest BCUT2D eigenvalue weighted by atomic mass is 10.0. The Kier molecular flexibility index (Phi) is 5.97. The summed E-state index contributed by atoms with van der Waals surface area (Å²) in [5.74, 6) is 0.548. The summed E-state index contributed by atoms with van der Waals surface area (Å²) in [4.78, 5) is 11.8. The second-order valence-electron chi connectivity index (χ2n) is 5.46. The van der Waals surface area contributed by atoms with Crippen molar-refractivity contribution in [1.82, 2.24) is 5.32 Å². The van der Waals surface area contributed by atoms with Gasteiger partial charge in [0, 0.05) is 11.8 Å². The van der Waals surface area contributed by atoms with Gasteiger partial charge in [-0.1, -0.05) is 32.0 Å². The molecule has 23 heavy (non-hydrogen) atoms. The van der Waals surface area contributed by atoms with Gasteiger partial charge in [-0.05, 0) is 35.7 Å². The summed E-state index contributed by atoms with van der Waals surface area (Å²) in [6, 6.07) is 13.3. The summed E-state index contributed by atoms with van der Waals surface area (Å²) >= 11 is 0. The molecule has 0 spiro atoms. The van der Waals surface area contributed by atoms with E-state index in [1.165, 1.54) is 17.7 Å². The van der Waals surface area contributed by atoms with Gasteiger partial charge in [-0.2, -0.15) is 0 Å². The van der Waals surface area contributed by atoms with Gasteiger partial charge in [-0.15, -0.1) is 0 Å². The molecule has 0 saturated carbocycles. The van der Waals surface area contributed by atoms with Crippen LogP contribution in [0.1, 0.15) is 25.3 Å². The van der Waals surface area contributed by atoms with Crippen LogP contribution in [0, 0.1) is 5.82 Å². The molecule has 0 aromatic heterocycles. The largest absolute Gasteiger partial charge is 0.492 e. The normalized spacial score (nSPS) is 10.4. The Morgan fingerprint density at radius 1 is 1.17 bits per heavy atom. The summed E-state index contributed by atoms with van der Waals surface area (Å²) in [7, 11) is 0. The summed E-state index contributed by atoms with van der Waals surface area (Å²) < 4.78 is 18.3. The quantitative estimate of drug-likeness (QED) is 0.787. The molecule has 0 unspecified atom stereocenters. The zero-order chi connectivity index (χ0) is 16.7. The fraction of sp³-hybridized carbons (Fsp3) is 0.278. The lowest BCUT2D eigenvalue weighted by Gasteiger charge is -2.10. The van der Waals surface area contributed by atoms with Crippen LogP contribution in [-0.4, -0.2) is 19.2 Å². The maximum atomic E-state index is 13.0. The number of hydrogen-bond donors (Lipinski definition) is 2. The monoisotopic (exact) mass is 316 g/mol. The first-order valence-corrected chi connectivity index (χ1v) is 7.58. The van der Waals surface area contributed by atoms with Gasteiger partial charge in [0.05, 0.1) is 6.54 Å². The third-order valence-corrected chi connectivity index (χ3v) is 3.29. The summed E-state index contributed by atoms with van der Waals surface area (Å²) in [5.41, 5.74) is 1.96. The zero-order valence-corrected chi connectivity index (χ0v) is 13.3. The number of urea groups is 1. The smallest absolute Gasteiger partial charge is 0.319 e. The van der Waals surface area contributed by atoms with Crippen LogP contribution in [-0.2, 0) is 0 Å². The van der Waals surface area contributed by atoms with Crippen molar-refractivity contribution in [2.75, 3.05) is 18.5 Å².